The van der Waals surface area contributed by atoms with Crippen LogP contribution in [0, 0.1) is 0 Å². The van der Waals surface area contributed by atoms with Crippen LogP contribution in [0.1, 0.15) is 16.7 Å². The van der Waals surface area contributed by atoms with Gasteiger partial charge in [0.05, 0.1) is 21.3 Å². The fourth-order valence-corrected chi connectivity index (χ4v) is 4.10. The van der Waals surface area contributed by atoms with Crippen LogP contribution in [0.2, 0.25) is 0 Å². The number of imide groups is 1. The lowest BCUT2D eigenvalue weighted by Gasteiger charge is -2.28. The minimum Gasteiger partial charge on any atom is -0.497 e. The van der Waals surface area contributed by atoms with Gasteiger partial charge in [0.1, 0.15) is 23.8 Å². The van der Waals surface area contributed by atoms with E-state index in [0.717, 1.165) is 10.5 Å². The molecule has 0 radical (unpaired) electrons. The van der Waals surface area contributed by atoms with Crippen molar-refractivity contribution in [1.82, 2.24) is 15.5 Å². The smallest absolute Gasteiger partial charge is 0.326 e. The number of benzene rings is 3. The zero-order chi connectivity index (χ0) is 25.7. The predicted octanol–water partition coefficient (Wildman–Crippen LogP) is 2.82. The standard InChI is InChI=1S/C27H27N3O6/c1-34-21-10-4-18(5-11-21)16-28-24(31)17-30-25(32)27(29-26(30)33,19-6-12-22(35-2)13-7-19)20-8-14-23(36-3)15-9-20/h4-15H,16-17H2,1-3H3,(H,28,31)(H,29,33). The molecule has 1 saturated heterocycles. The van der Waals surface area contributed by atoms with Gasteiger partial charge in [0, 0.05) is 6.54 Å². The van der Waals surface area contributed by atoms with Gasteiger partial charge in [-0.3, -0.25) is 14.5 Å². The lowest BCUT2D eigenvalue weighted by molar-refractivity contribution is -0.134. The van der Waals surface area contributed by atoms with Gasteiger partial charge in [-0.05, 0) is 53.1 Å². The van der Waals surface area contributed by atoms with Gasteiger partial charge >= 0.3 is 6.03 Å². The zero-order valence-electron chi connectivity index (χ0n) is 20.2. The van der Waals surface area contributed by atoms with Crippen molar-refractivity contribution in [2.45, 2.75) is 12.1 Å². The highest BCUT2D eigenvalue weighted by atomic mass is 16.5. The molecule has 4 amide bonds. The molecule has 186 valence electrons. The Bertz CT molecular complexity index is 1190. The molecule has 0 bridgehead atoms. The summed E-state index contributed by atoms with van der Waals surface area (Å²) in [7, 11) is 4.67. The van der Waals surface area contributed by atoms with Crippen molar-refractivity contribution in [3.8, 4) is 17.2 Å². The first kappa shape index (κ1) is 24.6. The topological polar surface area (TPSA) is 106 Å². The monoisotopic (exact) mass is 489 g/mol. The molecule has 0 spiro atoms. The van der Waals surface area contributed by atoms with Crippen molar-refractivity contribution in [2.24, 2.45) is 0 Å². The maximum absolute atomic E-state index is 13.8. The average molecular weight is 490 g/mol. The lowest BCUT2D eigenvalue weighted by atomic mass is 9.82. The van der Waals surface area contributed by atoms with Gasteiger partial charge < -0.3 is 24.8 Å². The van der Waals surface area contributed by atoms with Gasteiger partial charge in [-0.15, -0.1) is 0 Å². The molecular formula is C27H27N3O6. The van der Waals surface area contributed by atoms with Gasteiger partial charge in [-0.2, -0.15) is 0 Å². The summed E-state index contributed by atoms with van der Waals surface area (Å²) in [5, 5.41) is 5.58. The third-order valence-corrected chi connectivity index (χ3v) is 6.10. The van der Waals surface area contributed by atoms with E-state index in [1.165, 1.54) is 0 Å². The molecule has 1 heterocycles. The van der Waals surface area contributed by atoms with Crippen molar-refractivity contribution in [2.75, 3.05) is 27.9 Å². The molecular weight excluding hydrogens is 462 g/mol. The summed E-state index contributed by atoms with van der Waals surface area (Å²) < 4.78 is 15.6. The van der Waals surface area contributed by atoms with Crippen molar-refractivity contribution in [1.29, 1.82) is 0 Å². The van der Waals surface area contributed by atoms with E-state index in [-0.39, 0.29) is 6.54 Å². The molecule has 1 aliphatic rings. The third kappa shape index (κ3) is 4.68. The third-order valence-electron chi connectivity index (χ3n) is 6.10. The lowest BCUT2D eigenvalue weighted by Crippen LogP contribution is -2.46. The number of ether oxygens (including phenoxy) is 3. The summed E-state index contributed by atoms with van der Waals surface area (Å²) in [6.07, 6.45) is 0. The molecule has 3 aromatic carbocycles. The first-order chi connectivity index (χ1) is 17.4. The largest absolute Gasteiger partial charge is 0.497 e. The van der Waals surface area contributed by atoms with E-state index in [4.69, 9.17) is 14.2 Å². The van der Waals surface area contributed by atoms with Crippen LogP contribution in [0.5, 0.6) is 17.2 Å². The van der Waals surface area contributed by atoms with Gasteiger partial charge in [0.2, 0.25) is 5.91 Å². The van der Waals surface area contributed by atoms with E-state index in [1.54, 1.807) is 82.0 Å². The number of nitrogens with one attached hydrogen (secondary N) is 2. The Labute approximate surface area is 209 Å². The highest BCUT2D eigenvalue weighted by Gasteiger charge is 2.54. The SMILES string of the molecule is COc1ccc(CNC(=O)CN2C(=O)NC(c3ccc(OC)cc3)(c3ccc(OC)cc3)C2=O)cc1. The molecule has 0 atom stereocenters. The Morgan fingerprint density at radius 2 is 1.22 bits per heavy atom. The molecule has 9 heteroatoms. The number of nitrogens with zero attached hydrogens (tertiary/aromatic N) is 1. The second kappa shape index (κ2) is 10.4. The van der Waals surface area contributed by atoms with Gasteiger partial charge in [-0.25, -0.2) is 4.79 Å². The van der Waals surface area contributed by atoms with Crippen LogP contribution in [0.4, 0.5) is 4.79 Å². The second-order valence-corrected chi connectivity index (χ2v) is 8.15. The number of rotatable bonds is 9. The summed E-state index contributed by atoms with van der Waals surface area (Å²) in [6, 6.07) is 20.3. The minimum absolute atomic E-state index is 0.245. The molecule has 1 aliphatic heterocycles. The Kier molecular flexibility index (Phi) is 7.10. The van der Waals surface area contributed by atoms with Crippen molar-refractivity contribution in [3.05, 3.63) is 89.5 Å². The molecule has 36 heavy (non-hydrogen) atoms. The highest BCUT2D eigenvalue weighted by molar-refractivity contribution is 6.11. The molecule has 3 aromatic rings. The Morgan fingerprint density at radius 3 is 1.67 bits per heavy atom. The molecule has 0 saturated carbocycles. The number of hydrogen-bond acceptors (Lipinski definition) is 6. The molecule has 0 aromatic heterocycles. The van der Waals surface area contributed by atoms with Crippen molar-refractivity contribution < 1.29 is 28.6 Å². The Balaban J connectivity index is 1.58. The first-order valence-corrected chi connectivity index (χ1v) is 11.2. The van der Waals surface area contributed by atoms with Gasteiger partial charge in [0.15, 0.2) is 5.54 Å². The quantitative estimate of drug-likeness (QED) is 0.448. The number of amides is 4. The molecule has 0 aliphatic carbocycles. The number of carbonyl (C=O) groups is 3. The average Bonchev–Trinajstić information content (AvgIpc) is 3.17. The Morgan fingerprint density at radius 1 is 0.778 bits per heavy atom. The number of urea groups is 1. The molecule has 2 N–H and O–H groups in total. The number of methoxy groups -OCH3 is 3. The van der Waals surface area contributed by atoms with E-state index >= 15 is 0 Å². The minimum atomic E-state index is -1.51. The van der Waals surface area contributed by atoms with E-state index in [0.29, 0.717) is 28.4 Å². The van der Waals surface area contributed by atoms with E-state index < -0.39 is 29.9 Å². The fraction of sp³-hybridized carbons (Fsp3) is 0.222. The maximum Gasteiger partial charge on any atom is 0.326 e. The van der Waals surface area contributed by atoms with Crippen LogP contribution in [-0.2, 0) is 21.7 Å². The summed E-state index contributed by atoms with van der Waals surface area (Å²) in [5.74, 6) is 0.903. The number of carbonyl (C=O) groups excluding carboxylic acids is 3. The zero-order valence-corrected chi connectivity index (χ0v) is 20.2. The van der Waals surface area contributed by atoms with Crippen LogP contribution in [0.15, 0.2) is 72.8 Å². The van der Waals surface area contributed by atoms with Crippen molar-refractivity contribution in [3.63, 3.8) is 0 Å². The van der Waals surface area contributed by atoms with E-state index in [2.05, 4.69) is 10.6 Å². The fourth-order valence-electron chi connectivity index (χ4n) is 4.10. The maximum atomic E-state index is 13.8. The molecule has 0 unspecified atom stereocenters. The van der Waals surface area contributed by atoms with Crippen LogP contribution in [0.3, 0.4) is 0 Å². The van der Waals surface area contributed by atoms with E-state index in [9.17, 15) is 14.4 Å². The molecule has 9 nitrogen and oxygen atoms in total. The highest BCUT2D eigenvalue weighted by Crippen LogP contribution is 2.37. The van der Waals surface area contributed by atoms with Gasteiger partial charge in [-0.1, -0.05) is 36.4 Å². The summed E-state index contributed by atoms with van der Waals surface area (Å²) in [5.41, 5.74) is 0.416. The predicted molar refractivity (Wildman–Crippen MR) is 132 cm³/mol. The summed E-state index contributed by atoms with van der Waals surface area (Å²) in [6.45, 7) is -0.177. The summed E-state index contributed by atoms with van der Waals surface area (Å²) in [4.78, 5) is 40.5. The first-order valence-electron chi connectivity index (χ1n) is 11.2. The van der Waals surface area contributed by atoms with Crippen molar-refractivity contribution >= 4 is 17.8 Å². The van der Waals surface area contributed by atoms with Crippen LogP contribution < -0.4 is 24.8 Å². The summed E-state index contributed by atoms with van der Waals surface area (Å²) >= 11 is 0. The van der Waals surface area contributed by atoms with Crippen LogP contribution in [0.25, 0.3) is 0 Å². The van der Waals surface area contributed by atoms with Crippen LogP contribution >= 0.6 is 0 Å². The normalized spacial score (nSPS) is 14.2. The van der Waals surface area contributed by atoms with Gasteiger partial charge in [0.25, 0.3) is 5.91 Å². The molecule has 4 rings (SSSR count). The Hall–Kier alpha value is -4.53. The molecule has 1 fully saturated rings. The van der Waals surface area contributed by atoms with E-state index in [1.807, 2.05) is 12.1 Å². The van der Waals surface area contributed by atoms with Crippen LogP contribution in [-0.4, -0.2) is 50.6 Å². The second-order valence-electron chi connectivity index (χ2n) is 8.15. The number of hydrogen-bond donors (Lipinski definition) is 2.